The van der Waals surface area contributed by atoms with Crippen LogP contribution in [0.2, 0.25) is 0 Å². The van der Waals surface area contributed by atoms with Crippen LogP contribution in [0.1, 0.15) is 47.0 Å². The molecule has 0 bridgehead atoms. The second-order valence-electron chi connectivity index (χ2n) is 3.70. The SMILES string of the molecule is CC(C)=C(C)CC/C=C(\C)CC#N. The Morgan fingerprint density at radius 2 is 1.85 bits per heavy atom. The molecule has 0 amide bonds. The molecule has 72 valence electrons. The predicted octanol–water partition coefficient (Wildman–Crippen LogP) is 3.98. The van der Waals surface area contributed by atoms with Crippen molar-refractivity contribution in [3.05, 3.63) is 22.8 Å². The van der Waals surface area contributed by atoms with Gasteiger partial charge >= 0.3 is 0 Å². The molecule has 0 aliphatic heterocycles. The summed E-state index contributed by atoms with van der Waals surface area (Å²) >= 11 is 0. The fourth-order valence-electron chi connectivity index (χ4n) is 0.982. The van der Waals surface area contributed by atoms with Crippen LogP contribution in [0, 0.1) is 11.3 Å². The molecular weight excluding hydrogens is 158 g/mol. The van der Waals surface area contributed by atoms with Crippen LogP contribution < -0.4 is 0 Å². The summed E-state index contributed by atoms with van der Waals surface area (Å²) in [6.07, 6.45) is 4.90. The second-order valence-corrected chi connectivity index (χ2v) is 3.70. The van der Waals surface area contributed by atoms with E-state index in [1.165, 1.54) is 16.7 Å². The molecular formula is C12H19N. The summed E-state index contributed by atoms with van der Waals surface area (Å²) in [4.78, 5) is 0. The Balaban J connectivity index is 3.87. The lowest BCUT2D eigenvalue weighted by atomic mass is 10.1. The minimum absolute atomic E-state index is 0.563. The van der Waals surface area contributed by atoms with Crippen LogP contribution >= 0.6 is 0 Å². The summed E-state index contributed by atoms with van der Waals surface area (Å²) < 4.78 is 0. The van der Waals surface area contributed by atoms with E-state index < -0.39 is 0 Å². The van der Waals surface area contributed by atoms with Gasteiger partial charge in [-0.25, -0.2) is 0 Å². The first-order valence-electron chi connectivity index (χ1n) is 4.73. The monoisotopic (exact) mass is 177 g/mol. The van der Waals surface area contributed by atoms with Gasteiger partial charge in [-0.1, -0.05) is 22.8 Å². The van der Waals surface area contributed by atoms with E-state index in [1.54, 1.807) is 0 Å². The number of rotatable bonds is 4. The van der Waals surface area contributed by atoms with E-state index in [9.17, 15) is 0 Å². The summed E-state index contributed by atoms with van der Waals surface area (Å²) in [7, 11) is 0. The Labute approximate surface area is 81.8 Å². The number of nitriles is 1. The van der Waals surface area contributed by atoms with Crippen molar-refractivity contribution in [2.24, 2.45) is 0 Å². The van der Waals surface area contributed by atoms with Crippen LogP contribution in [0.25, 0.3) is 0 Å². The molecule has 1 nitrogen and oxygen atoms in total. The third-order valence-electron chi connectivity index (χ3n) is 2.22. The zero-order chi connectivity index (χ0) is 10.3. The third-order valence-corrected chi connectivity index (χ3v) is 2.22. The van der Waals surface area contributed by atoms with Gasteiger partial charge in [-0.05, 0) is 40.5 Å². The lowest BCUT2D eigenvalue weighted by Crippen LogP contribution is -1.81. The highest BCUT2D eigenvalue weighted by atomic mass is 14.2. The molecule has 1 heteroatoms. The normalized spacial score (nSPS) is 10.8. The van der Waals surface area contributed by atoms with Crippen LogP contribution in [-0.4, -0.2) is 0 Å². The average molecular weight is 177 g/mol. The van der Waals surface area contributed by atoms with Gasteiger partial charge < -0.3 is 0 Å². The molecule has 13 heavy (non-hydrogen) atoms. The van der Waals surface area contributed by atoms with Gasteiger partial charge in [0.25, 0.3) is 0 Å². The molecule has 0 aromatic heterocycles. The van der Waals surface area contributed by atoms with Crippen molar-refractivity contribution < 1.29 is 0 Å². The van der Waals surface area contributed by atoms with E-state index in [2.05, 4.69) is 32.9 Å². The standard InChI is InChI=1S/C12H19N/c1-10(2)12(4)7-5-6-11(3)8-9-13/h6H,5,7-8H2,1-4H3/b11-6+. The second kappa shape index (κ2) is 6.48. The maximum absolute atomic E-state index is 8.43. The molecule has 0 atom stereocenters. The quantitative estimate of drug-likeness (QED) is 0.596. The van der Waals surface area contributed by atoms with Crippen molar-refractivity contribution in [2.45, 2.75) is 47.0 Å². The van der Waals surface area contributed by atoms with E-state index in [1.807, 2.05) is 6.92 Å². The summed E-state index contributed by atoms with van der Waals surface area (Å²) in [5, 5.41) is 8.43. The van der Waals surface area contributed by atoms with Gasteiger partial charge in [0.15, 0.2) is 0 Å². The van der Waals surface area contributed by atoms with E-state index in [4.69, 9.17) is 5.26 Å². The predicted molar refractivity (Wildman–Crippen MR) is 57.3 cm³/mol. The van der Waals surface area contributed by atoms with E-state index in [-0.39, 0.29) is 0 Å². The van der Waals surface area contributed by atoms with Crippen LogP contribution in [-0.2, 0) is 0 Å². The van der Waals surface area contributed by atoms with Gasteiger partial charge in [0.05, 0.1) is 12.5 Å². The Morgan fingerprint density at radius 1 is 1.23 bits per heavy atom. The molecule has 0 heterocycles. The van der Waals surface area contributed by atoms with Crippen molar-refractivity contribution in [3.63, 3.8) is 0 Å². The summed E-state index contributed by atoms with van der Waals surface area (Å²) in [5.74, 6) is 0. The van der Waals surface area contributed by atoms with Gasteiger partial charge in [-0.2, -0.15) is 5.26 Å². The molecule has 0 aliphatic carbocycles. The third kappa shape index (κ3) is 6.16. The largest absolute Gasteiger partial charge is 0.198 e. The van der Waals surface area contributed by atoms with Crippen molar-refractivity contribution in [3.8, 4) is 6.07 Å². The molecule has 0 saturated carbocycles. The summed E-state index contributed by atoms with van der Waals surface area (Å²) in [6, 6.07) is 2.15. The van der Waals surface area contributed by atoms with E-state index in [0.29, 0.717) is 6.42 Å². The highest BCUT2D eigenvalue weighted by Gasteiger charge is 1.92. The number of nitrogens with zero attached hydrogens (tertiary/aromatic N) is 1. The minimum Gasteiger partial charge on any atom is -0.198 e. The van der Waals surface area contributed by atoms with Crippen molar-refractivity contribution in [1.29, 1.82) is 5.26 Å². The molecule has 0 rings (SSSR count). The van der Waals surface area contributed by atoms with Gasteiger partial charge in [0.2, 0.25) is 0 Å². The zero-order valence-corrected chi connectivity index (χ0v) is 9.15. The lowest BCUT2D eigenvalue weighted by molar-refractivity contribution is 0.940. The van der Waals surface area contributed by atoms with Gasteiger partial charge in [0.1, 0.15) is 0 Å². The number of allylic oxidation sites excluding steroid dienone is 4. The Morgan fingerprint density at radius 3 is 2.31 bits per heavy atom. The Kier molecular flexibility index (Phi) is 5.97. The molecule has 0 N–H and O–H groups in total. The topological polar surface area (TPSA) is 23.8 Å². The average Bonchev–Trinajstić information content (AvgIpc) is 2.04. The van der Waals surface area contributed by atoms with Crippen molar-refractivity contribution in [2.75, 3.05) is 0 Å². The van der Waals surface area contributed by atoms with E-state index >= 15 is 0 Å². The fraction of sp³-hybridized carbons (Fsp3) is 0.583. The van der Waals surface area contributed by atoms with Gasteiger partial charge in [0, 0.05) is 0 Å². The smallest absolute Gasteiger partial charge is 0.0666 e. The van der Waals surface area contributed by atoms with Gasteiger partial charge in [-0.3, -0.25) is 0 Å². The van der Waals surface area contributed by atoms with Gasteiger partial charge in [-0.15, -0.1) is 0 Å². The molecule has 0 aromatic rings. The van der Waals surface area contributed by atoms with Crippen LogP contribution in [0.3, 0.4) is 0 Å². The molecule has 0 spiro atoms. The highest BCUT2D eigenvalue weighted by Crippen LogP contribution is 2.11. The Bertz CT molecular complexity index is 247. The maximum atomic E-state index is 8.43. The summed E-state index contributed by atoms with van der Waals surface area (Å²) in [5.41, 5.74) is 4.05. The number of hydrogen-bond donors (Lipinski definition) is 0. The molecule has 0 unspecified atom stereocenters. The molecule has 0 fully saturated rings. The number of hydrogen-bond acceptors (Lipinski definition) is 1. The van der Waals surface area contributed by atoms with Crippen LogP contribution in [0.4, 0.5) is 0 Å². The molecule has 0 saturated heterocycles. The first kappa shape index (κ1) is 12.0. The van der Waals surface area contributed by atoms with Crippen LogP contribution in [0.15, 0.2) is 22.8 Å². The first-order valence-corrected chi connectivity index (χ1v) is 4.73. The highest BCUT2D eigenvalue weighted by molar-refractivity contribution is 5.10. The zero-order valence-electron chi connectivity index (χ0n) is 9.15. The maximum Gasteiger partial charge on any atom is 0.0666 e. The summed E-state index contributed by atoms with van der Waals surface area (Å²) in [6.45, 7) is 8.46. The first-order chi connectivity index (χ1) is 6.07. The van der Waals surface area contributed by atoms with Crippen LogP contribution in [0.5, 0.6) is 0 Å². The minimum atomic E-state index is 0.563. The Hall–Kier alpha value is -1.03. The van der Waals surface area contributed by atoms with Crippen molar-refractivity contribution >= 4 is 0 Å². The lowest BCUT2D eigenvalue weighted by Gasteiger charge is -2.01. The van der Waals surface area contributed by atoms with E-state index in [0.717, 1.165) is 12.8 Å². The fourth-order valence-corrected chi connectivity index (χ4v) is 0.982. The molecule has 0 radical (unpaired) electrons. The molecule has 0 aromatic carbocycles. The molecule has 0 aliphatic rings. The van der Waals surface area contributed by atoms with Crippen molar-refractivity contribution in [1.82, 2.24) is 0 Å².